The predicted octanol–water partition coefficient (Wildman–Crippen LogP) is 1.17. The Morgan fingerprint density at radius 2 is 1.85 bits per heavy atom. The molecule has 1 heterocycles. The van der Waals surface area contributed by atoms with Gasteiger partial charge in [0.2, 0.25) is 5.91 Å². The molecule has 0 fully saturated rings. The van der Waals surface area contributed by atoms with Gasteiger partial charge >= 0.3 is 0 Å². The standard InChI is InChI=1S/C9H9NO.ClH.H2O/c11-9-6-5-7-3-1-2-4-8(7)10-9;;/h1-4H,5-6H2,(H,10,11);1H;1H2. The third-order valence-corrected chi connectivity index (χ3v) is 1.91. The van der Waals surface area contributed by atoms with Gasteiger partial charge in [0, 0.05) is 12.1 Å². The lowest BCUT2D eigenvalue weighted by atomic mass is 10.0. The average molecular weight is 202 g/mol. The number of carbonyl (C=O) groups is 1. The summed E-state index contributed by atoms with van der Waals surface area (Å²) < 4.78 is 0. The molecule has 4 heteroatoms. The summed E-state index contributed by atoms with van der Waals surface area (Å²) in [4.78, 5) is 10.9. The summed E-state index contributed by atoms with van der Waals surface area (Å²) >= 11 is 0. The molecule has 3 N–H and O–H groups in total. The fraction of sp³-hybridized carbons (Fsp3) is 0.222. The highest BCUT2D eigenvalue weighted by Gasteiger charge is 2.12. The Kier molecular flexibility index (Phi) is 4.45. The number of anilines is 1. The van der Waals surface area contributed by atoms with Gasteiger partial charge < -0.3 is 10.8 Å². The number of carbonyl (C=O) groups excluding carboxylic acids is 1. The zero-order valence-corrected chi connectivity index (χ0v) is 7.86. The number of para-hydroxylation sites is 1. The van der Waals surface area contributed by atoms with Crippen molar-refractivity contribution in [2.75, 3.05) is 5.32 Å². The van der Waals surface area contributed by atoms with Crippen molar-refractivity contribution in [2.45, 2.75) is 12.8 Å². The van der Waals surface area contributed by atoms with Gasteiger partial charge in [-0.05, 0) is 18.1 Å². The van der Waals surface area contributed by atoms with Crippen molar-refractivity contribution in [3.05, 3.63) is 29.8 Å². The third kappa shape index (κ3) is 2.44. The molecule has 0 atom stereocenters. The number of hydrogen-bond acceptors (Lipinski definition) is 1. The van der Waals surface area contributed by atoms with E-state index in [1.54, 1.807) is 0 Å². The first-order chi connectivity index (χ1) is 5.36. The van der Waals surface area contributed by atoms with Crippen LogP contribution in [0, 0.1) is 0 Å². The Balaban J connectivity index is 0.000000720. The minimum Gasteiger partial charge on any atom is -0.412 e. The first-order valence-electron chi connectivity index (χ1n) is 3.74. The minimum absolute atomic E-state index is 0. The van der Waals surface area contributed by atoms with E-state index < -0.39 is 0 Å². The molecular formula is C9H12ClNO2. The van der Waals surface area contributed by atoms with E-state index in [-0.39, 0.29) is 23.8 Å². The lowest BCUT2D eigenvalue weighted by Gasteiger charge is -2.15. The summed E-state index contributed by atoms with van der Waals surface area (Å²) in [6, 6.07) is 7.92. The van der Waals surface area contributed by atoms with Gasteiger partial charge in [0.05, 0.1) is 0 Å². The van der Waals surface area contributed by atoms with Gasteiger partial charge in [-0.25, -0.2) is 0 Å². The van der Waals surface area contributed by atoms with Gasteiger partial charge in [-0.3, -0.25) is 4.79 Å². The molecule has 0 radical (unpaired) electrons. The number of nitrogens with one attached hydrogen (secondary N) is 1. The Morgan fingerprint density at radius 1 is 1.15 bits per heavy atom. The first kappa shape index (κ1) is 11.9. The molecule has 1 aliphatic heterocycles. The van der Waals surface area contributed by atoms with Crippen LogP contribution in [0.5, 0.6) is 0 Å². The van der Waals surface area contributed by atoms with E-state index in [0.29, 0.717) is 6.42 Å². The summed E-state index contributed by atoms with van der Waals surface area (Å²) in [6.07, 6.45) is 1.50. The zero-order chi connectivity index (χ0) is 7.68. The maximum atomic E-state index is 10.9. The van der Waals surface area contributed by atoms with Crippen LogP contribution in [0.3, 0.4) is 0 Å². The van der Waals surface area contributed by atoms with Crippen LogP contribution in [0.2, 0.25) is 0 Å². The highest BCUT2D eigenvalue weighted by atomic mass is 35.5. The summed E-state index contributed by atoms with van der Waals surface area (Å²) in [6.45, 7) is 0. The molecule has 2 rings (SSSR count). The molecule has 1 amide bonds. The van der Waals surface area contributed by atoms with Gasteiger partial charge in [-0.15, -0.1) is 12.4 Å². The van der Waals surface area contributed by atoms with Crippen molar-refractivity contribution < 1.29 is 10.3 Å². The maximum absolute atomic E-state index is 10.9. The molecule has 3 nitrogen and oxygen atoms in total. The number of fused-ring (bicyclic) bond motifs is 1. The summed E-state index contributed by atoms with van der Waals surface area (Å²) in [5, 5.41) is 2.82. The predicted molar refractivity (Wildman–Crippen MR) is 54.3 cm³/mol. The molecule has 0 spiro atoms. The second-order valence-electron chi connectivity index (χ2n) is 2.71. The largest absolute Gasteiger partial charge is 0.412 e. The van der Waals surface area contributed by atoms with Gasteiger partial charge in [0.25, 0.3) is 0 Å². The Bertz CT molecular complexity index is 301. The molecule has 0 aromatic heterocycles. The van der Waals surface area contributed by atoms with E-state index in [1.807, 2.05) is 18.2 Å². The van der Waals surface area contributed by atoms with Crippen LogP contribution in [0.15, 0.2) is 24.3 Å². The second-order valence-corrected chi connectivity index (χ2v) is 2.71. The number of amides is 1. The van der Waals surface area contributed by atoms with Gasteiger partial charge in [0.1, 0.15) is 0 Å². The molecule has 0 unspecified atom stereocenters. The quantitative estimate of drug-likeness (QED) is 0.673. The molecule has 0 saturated carbocycles. The molecular weight excluding hydrogens is 190 g/mol. The van der Waals surface area contributed by atoms with Crippen molar-refractivity contribution in [3.63, 3.8) is 0 Å². The molecule has 1 aromatic carbocycles. The fourth-order valence-electron chi connectivity index (χ4n) is 1.32. The molecule has 0 saturated heterocycles. The van der Waals surface area contributed by atoms with Crippen molar-refractivity contribution >= 4 is 24.0 Å². The lowest BCUT2D eigenvalue weighted by Crippen LogP contribution is -2.18. The lowest BCUT2D eigenvalue weighted by molar-refractivity contribution is -0.116. The average Bonchev–Trinajstić information content (AvgIpc) is 2.04. The van der Waals surface area contributed by atoms with E-state index in [0.717, 1.165) is 12.1 Å². The molecule has 0 aliphatic carbocycles. The smallest absolute Gasteiger partial charge is 0.224 e. The third-order valence-electron chi connectivity index (χ3n) is 1.91. The van der Waals surface area contributed by atoms with E-state index in [4.69, 9.17) is 0 Å². The molecule has 1 aliphatic rings. The van der Waals surface area contributed by atoms with Gasteiger partial charge in [-0.1, -0.05) is 18.2 Å². The molecule has 13 heavy (non-hydrogen) atoms. The highest BCUT2D eigenvalue weighted by Crippen LogP contribution is 2.20. The summed E-state index contributed by atoms with van der Waals surface area (Å²) in [5.41, 5.74) is 2.22. The number of aryl methyl sites for hydroxylation is 1. The first-order valence-corrected chi connectivity index (χ1v) is 3.74. The maximum Gasteiger partial charge on any atom is 0.224 e. The summed E-state index contributed by atoms with van der Waals surface area (Å²) in [5.74, 6) is 0.128. The topological polar surface area (TPSA) is 60.6 Å². The Labute approximate surface area is 82.9 Å². The fourth-order valence-corrected chi connectivity index (χ4v) is 1.32. The molecule has 72 valence electrons. The van der Waals surface area contributed by atoms with Crippen LogP contribution in [-0.2, 0) is 11.2 Å². The van der Waals surface area contributed by atoms with Crippen LogP contribution >= 0.6 is 12.4 Å². The number of hydrogen-bond donors (Lipinski definition) is 1. The van der Waals surface area contributed by atoms with Crippen LogP contribution in [-0.4, -0.2) is 11.4 Å². The van der Waals surface area contributed by atoms with E-state index >= 15 is 0 Å². The van der Waals surface area contributed by atoms with E-state index in [1.165, 1.54) is 5.56 Å². The van der Waals surface area contributed by atoms with Crippen LogP contribution in [0.1, 0.15) is 12.0 Å². The van der Waals surface area contributed by atoms with Crippen molar-refractivity contribution in [1.29, 1.82) is 0 Å². The normalized spacial score (nSPS) is 13.1. The zero-order valence-electron chi connectivity index (χ0n) is 7.04. The monoisotopic (exact) mass is 201 g/mol. The number of benzene rings is 1. The second kappa shape index (κ2) is 4.84. The molecule has 1 aromatic rings. The number of rotatable bonds is 0. The van der Waals surface area contributed by atoms with Crippen LogP contribution in [0.25, 0.3) is 0 Å². The summed E-state index contributed by atoms with van der Waals surface area (Å²) in [7, 11) is 0. The van der Waals surface area contributed by atoms with Crippen molar-refractivity contribution in [2.24, 2.45) is 0 Å². The highest BCUT2D eigenvalue weighted by molar-refractivity contribution is 5.93. The van der Waals surface area contributed by atoms with Gasteiger partial charge in [-0.2, -0.15) is 0 Å². The Hall–Kier alpha value is -1.06. The van der Waals surface area contributed by atoms with Crippen LogP contribution in [0.4, 0.5) is 5.69 Å². The van der Waals surface area contributed by atoms with Crippen LogP contribution < -0.4 is 5.32 Å². The Morgan fingerprint density at radius 3 is 2.62 bits per heavy atom. The SMILES string of the molecule is Cl.O.O=C1CCc2ccccc2N1. The van der Waals surface area contributed by atoms with Crippen molar-refractivity contribution in [3.8, 4) is 0 Å². The van der Waals surface area contributed by atoms with E-state index in [9.17, 15) is 4.79 Å². The van der Waals surface area contributed by atoms with Crippen molar-refractivity contribution in [1.82, 2.24) is 0 Å². The van der Waals surface area contributed by atoms with E-state index in [2.05, 4.69) is 11.4 Å². The van der Waals surface area contributed by atoms with Gasteiger partial charge in [0.15, 0.2) is 0 Å². The minimum atomic E-state index is 0. The molecule has 0 bridgehead atoms. The number of halogens is 1.